The van der Waals surface area contributed by atoms with Gasteiger partial charge in [-0.2, -0.15) is 13.8 Å². The predicted octanol–water partition coefficient (Wildman–Crippen LogP) is 5.88. The van der Waals surface area contributed by atoms with Crippen LogP contribution in [0.5, 0.6) is 0 Å². The fourth-order valence-corrected chi connectivity index (χ4v) is 5.94. The largest absolute Gasteiger partial charge is 0.414 e. The second kappa shape index (κ2) is 11.5. The Morgan fingerprint density at radius 2 is 1.66 bits per heavy atom. The summed E-state index contributed by atoms with van der Waals surface area (Å²) in [6.45, 7) is 19.8. The van der Waals surface area contributed by atoms with Crippen molar-refractivity contribution in [1.29, 1.82) is 0 Å². The lowest BCUT2D eigenvalue weighted by molar-refractivity contribution is -0.138. The van der Waals surface area contributed by atoms with Gasteiger partial charge in [0.1, 0.15) is 18.0 Å². The van der Waals surface area contributed by atoms with E-state index in [9.17, 15) is 9.59 Å². The Kier molecular flexibility index (Phi) is 9.39. The van der Waals surface area contributed by atoms with Crippen molar-refractivity contribution in [1.82, 2.24) is 19.5 Å². The Balaban J connectivity index is 1.92. The molecular weight excluding hydrogens is 592 g/mol. The maximum atomic E-state index is 16.2. The summed E-state index contributed by atoms with van der Waals surface area (Å²) >= 11 is 5.64. The van der Waals surface area contributed by atoms with E-state index in [4.69, 9.17) is 25.2 Å². The third-order valence-electron chi connectivity index (χ3n) is 8.20. The van der Waals surface area contributed by atoms with Gasteiger partial charge in [-0.3, -0.25) is 9.36 Å². The van der Waals surface area contributed by atoms with Crippen molar-refractivity contribution in [2.24, 2.45) is 0 Å². The second-order valence-electron chi connectivity index (χ2n) is 13.3. The molecular formula is C26H40ClF2N5O5Si2. The predicted molar refractivity (Wildman–Crippen MR) is 158 cm³/mol. The van der Waals surface area contributed by atoms with Gasteiger partial charge < -0.3 is 18.9 Å². The maximum Gasteiger partial charge on any atom is 0.351 e. The smallest absolute Gasteiger partial charge is 0.351 e. The van der Waals surface area contributed by atoms with Crippen LogP contribution in [0.15, 0.2) is 29.5 Å². The van der Waals surface area contributed by atoms with E-state index in [0.29, 0.717) is 0 Å². The van der Waals surface area contributed by atoms with Crippen LogP contribution in [0.3, 0.4) is 0 Å². The van der Waals surface area contributed by atoms with Crippen molar-refractivity contribution < 1.29 is 27.2 Å². The van der Waals surface area contributed by atoms with E-state index >= 15 is 8.78 Å². The molecule has 41 heavy (non-hydrogen) atoms. The molecule has 0 unspecified atom stereocenters. The topological polar surface area (TPSA) is 117 Å². The van der Waals surface area contributed by atoms with E-state index in [-0.39, 0.29) is 33.3 Å². The highest BCUT2D eigenvalue weighted by atomic mass is 35.5. The highest BCUT2D eigenvalue weighted by molar-refractivity contribution is 6.74. The molecule has 15 heteroatoms. The summed E-state index contributed by atoms with van der Waals surface area (Å²) < 4.78 is 51.5. The molecule has 0 aromatic carbocycles. The van der Waals surface area contributed by atoms with E-state index in [1.807, 2.05) is 47.0 Å². The zero-order valence-electron chi connectivity index (χ0n) is 25.2. The number of halogens is 3. The van der Waals surface area contributed by atoms with Gasteiger partial charge in [0.15, 0.2) is 16.6 Å². The van der Waals surface area contributed by atoms with Crippen LogP contribution in [0.4, 0.5) is 14.6 Å². The molecule has 0 bridgehead atoms. The van der Waals surface area contributed by atoms with Gasteiger partial charge in [-0.05, 0) is 53.9 Å². The quantitative estimate of drug-likeness (QED) is 0.283. The van der Waals surface area contributed by atoms with Crippen LogP contribution < -0.4 is 11.0 Å². The summed E-state index contributed by atoms with van der Waals surface area (Å²) in [7, 11) is -5.01. The molecule has 0 spiro atoms. The van der Waals surface area contributed by atoms with Crippen molar-refractivity contribution in [2.45, 2.75) is 102 Å². The number of nitrogens with zero attached hydrogens (tertiary/aromatic N) is 4. The number of nitrogens with one attached hydrogen (secondary N) is 1. The number of ether oxygens (including phenoxy) is 1. The number of aromatic nitrogens is 4. The molecule has 2 aromatic rings. The molecule has 0 saturated carbocycles. The normalized spacial score (nSPS) is 21.6. The molecule has 3 rings (SSSR count). The Hall–Kier alpha value is -2.11. The minimum atomic E-state index is -3.59. The number of anilines is 1. The standard InChI is InChI=1S/C26H40ClF2N5O5Si2/c1-24(2,3)40(7,8)37-15-17-19(39-41(9,10)25(4,5)6)26(28,29)21(38-17)34-12-11-18(33-23(34)36)32-20(35)16-13-30-22(27)31-14-16/h11-14,17,19,21H,15H2,1-10H3,(H,32,33,35,36)/t17-,19-,21-/m1/s1. The number of carbonyl (C=O) groups excluding carboxylic acids is 1. The van der Waals surface area contributed by atoms with Crippen molar-refractivity contribution >= 4 is 40.0 Å². The fourth-order valence-electron chi connectivity index (χ4n) is 3.53. The average Bonchev–Trinajstić information content (AvgIpc) is 3.06. The Labute approximate surface area is 246 Å². The SMILES string of the molecule is CC(C)(C)[Si](C)(C)OC[C@H]1O[C@@H](n2ccc(NC(=O)c3cnc(Cl)nc3)nc2=O)C(F)(F)[C@@H]1O[Si](C)(C)C(C)(C)C. The molecule has 1 aliphatic rings. The Morgan fingerprint density at radius 3 is 2.17 bits per heavy atom. The Bertz CT molecular complexity index is 1310. The number of alkyl halides is 2. The fraction of sp³-hybridized carbons (Fsp3) is 0.654. The monoisotopic (exact) mass is 631 g/mol. The number of amides is 1. The summed E-state index contributed by atoms with van der Waals surface area (Å²) in [4.78, 5) is 36.7. The molecule has 2 aromatic heterocycles. The highest BCUT2D eigenvalue weighted by Gasteiger charge is 2.63. The minimum absolute atomic E-state index is 0.0383. The molecule has 3 heterocycles. The van der Waals surface area contributed by atoms with Gasteiger partial charge in [0.25, 0.3) is 5.91 Å². The lowest BCUT2D eigenvalue weighted by Gasteiger charge is -2.41. The van der Waals surface area contributed by atoms with E-state index in [1.54, 1.807) is 0 Å². The molecule has 1 aliphatic heterocycles. The van der Waals surface area contributed by atoms with Gasteiger partial charge in [-0.1, -0.05) is 41.5 Å². The summed E-state index contributed by atoms with van der Waals surface area (Å²) in [6, 6.07) is 1.23. The van der Waals surface area contributed by atoms with Crippen molar-refractivity contribution in [3.8, 4) is 0 Å². The number of rotatable bonds is 8. The van der Waals surface area contributed by atoms with Gasteiger partial charge in [0.2, 0.25) is 11.5 Å². The van der Waals surface area contributed by atoms with Crippen LogP contribution >= 0.6 is 11.6 Å². The molecule has 0 radical (unpaired) electrons. The number of hydrogen-bond acceptors (Lipinski definition) is 8. The van der Waals surface area contributed by atoms with Gasteiger partial charge in [-0.15, -0.1) is 0 Å². The first kappa shape index (κ1) is 33.4. The third kappa shape index (κ3) is 7.28. The number of hydrogen-bond donors (Lipinski definition) is 1. The van der Waals surface area contributed by atoms with Crippen LogP contribution in [0.1, 0.15) is 58.1 Å². The molecule has 0 aliphatic carbocycles. The molecule has 1 fully saturated rings. The van der Waals surface area contributed by atoms with Gasteiger partial charge >= 0.3 is 11.6 Å². The lowest BCUT2D eigenvalue weighted by atomic mass is 10.1. The zero-order valence-corrected chi connectivity index (χ0v) is 28.0. The molecule has 228 valence electrons. The minimum Gasteiger partial charge on any atom is -0.414 e. The van der Waals surface area contributed by atoms with Crippen molar-refractivity contribution in [3.63, 3.8) is 0 Å². The van der Waals surface area contributed by atoms with Gasteiger partial charge in [-0.25, -0.2) is 14.8 Å². The van der Waals surface area contributed by atoms with Gasteiger partial charge in [0, 0.05) is 18.6 Å². The van der Waals surface area contributed by atoms with E-state index in [0.717, 1.165) is 10.8 Å². The van der Waals surface area contributed by atoms with Crippen LogP contribution in [0, 0.1) is 0 Å². The first-order valence-electron chi connectivity index (χ1n) is 13.3. The van der Waals surface area contributed by atoms with Crippen molar-refractivity contribution in [2.75, 3.05) is 11.9 Å². The van der Waals surface area contributed by atoms with Crippen molar-refractivity contribution in [3.05, 3.63) is 46.0 Å². The van der Waals surface area contributed by atoms with Gasteiger partial charge in [0.05, 0.1) is 12.2 Å². The first-order chi connectivity index (χ1) is 18.6. The molecule has 1 amide bonds. The maximum absolute atomic E-state index is 16.2. The summed E-state index contributed by atoms with van der Waals surface area (Å²) in [6.07, 6.45) is -1.24. The van der Waals surface area contributed by atoms with E-state index in [2.05, 4.69) is 41.0 Å². The second-order valence-corrected chi connectivity index (χ2v) is 23.2. The zero-order chi connectivity index (χ0) is 31.2. The third-order valence-corrected chi connectivity index (χ3v) is 17.4. The first-order valence-corrected chi connectivity index (χ1v) is 19.5. The van der Waals surface area contributed by atoms with Crippen LogP contribution in [0.2, 0.25) is 41.5 Å². The van der Waals surface area contributed by atoms with Crippen LogP contribution in [-0.2, 0) is 13.6 Å². The van der Waals surface area contributed by atoms with Crippen LogP contribution in [-0.4, -0.2) is 66.8 Å². The molecule has 1 saturated heterocycles. The Morgan fingerprint density at radius 1 is 1.10 bits per heavy atom. The summed E-state index contributed by atoms with van der Waals surface area (Å²) in [5, 5.41) is 1.89. The van der Waals surface area contributed by atoms with E-state index < -0.39 is 52.6 Å². The molecule has 1 N–H and O–H groups in total. The molecule has 10 nitrogen and oxygen atoms in total. The number of carbonyl (C=O) groups is 1. The summed E-state index contributed by atoms with van der Waals surface area (Å²) in [5.41, 5.74) is -0.960. The average molecular weight is 632 g/mol. The summed E-state index contributed by atoms with van der Waals surface area (Å²) in [5.74, 6) is -4.38. The lowest BCUT2D eigenvalue weighted by Crippen LogP contribution is -2.53. The molecule has 3 atom stereocenters. The highest BCUT2D eigenvalue weighted by Crippen LogP contribution is 2.48. The van der Waals surface area contributed by atoms with Crippen LogP contribution in [0.25, 0.3) is 0 Å². The van der Waals surface area contributed by atoms with E-state index in [1.165, 1.54) is 18.5 Å².